The molecule has 0 radical (unpaired) electrons. The van der Waals surface area contributed by atoms with Crippen LogP contribution in [0.15, 0.2) is 52.2 Å². The molecule has 2 aromatic rings. The summed E-state index contributed by atoms with van der Waals surface area (Å²) in [4.78, 5) is 52.7. The second kappa shape index (κ2) is 10.2. The molecule has 0 amide bonds. The van der Waals surface area contributed by atoms with E-state index in [1.54, 1.807) is 30.3 Å². The maximum Gasteiger partial charge on any atom is 0.529 e. The number of H-pyrrole nitrogens is 1. The van der Waals surface area contributed by atoms with Crippen LogP contribution in [0.3, 0.4) is 0 Å². The Morgan fingerprint density at radius 2 is 2.03 bits per heavy atom. The molecule has 1 aromatic heterocycles. The zero-order chi connectivity index (χ0) is 23.3. The van der Waals surface area contributed by atoms with Gasteiger partial charge in [-0.1, -0.05) is 18.2 Å². The molecule has 2 heterocycles. The van der Waals surface area contributed by atoms with E-state index < -0.39 is 43.4 Å². The number of hydrogen-bond donors (Lipinski definition) is 2. The predicted molar refractivity (Wildman–Crippen MR) is 112 cm³/mol. The fraction of sp³-hybridized carbons (Fsp3) is 0.421. The van der Waals surface area contributed by atoms with Gasteiger partial charge in [0.2, 0.25) is 0 Å². The molecule has 1 aliphatic heterocycles. The number of phosphoric ester groups is 1. The molecule has 4 atom stereocenters. The van der Waals surface area contributed by atoms with E-state index in [4.69, 9.17) is 14.1 Å². The maximum absolute atomic E-state index is 12.4. The number of para-hydroxylation sites is 1. The van der Waals surface area contributed by atoms with Crippen molar-refractivity contribution in [1.29, 1.82) is 0 Å². The first-order chi connectivity index (χ1) is 15.2. The number of aromatic amines is 1. The van der Waals surface area contributed by atoms with E-state index >= 15 is 0 Å². The quantitative estimate of drug-likeness (QED) is 0.407. The van der Waals surface area contributed by atoms with Gasteiger partial charge in [0.15, 0.2) is 6.04 Å². The highest BCUT2D eigenvalue weighted by molar-refractivity contribution is 7.48. The van der Waals surface area contributed by atoms with Crippen molar-refractivity contribution in [1.82, 2.24) is 9.55 Å². The number of hydrogen-bond acceptors (Lipinski definition) is 9. The lowest BCUT2D eigenvalue weighted by atomic mass is 10.2. The Kier molecular flexibility index (Phi) is 7.64. The summed E-state index contributed by atoms with van der Waals surface area (Å²) in [5, 5.41) is 1.23. The van der Waals surface area contributed by atoms with Gasteiger partial charge in [-0.25, -0.2) is 19.2 Å². The number of benzene rings is 1. The summed E-state index contributed by atoms with van der Waals surface area (Å²) in [7, 11) is -3.38. The minimum Gasteiger partial charge on any atom is -0.369 e. The standard InChI is InChI=1S/C19H24N3O9P/c1-13(22(28-2)14-6-4-3-5-7-14)18(24)31-32(26,27)29-12-15-8-9-17(30-15)21-11-10-16(23)20-19(21)25/h3-7,10-11,13,15,17H,8-9,12H2,1-2H3,(H,26,27)(H,20,23,25)/t13-,15-,17+/m0/s1. The van der Waals surface area contributed by atoms with Gasteiger partial charge in [-0.15, -0.1) is 0 Å². The van der Waals surface area contributed by atoms with E-state index in [2.05, 4.69) is 9.51 Å². The summed E-state index contributed by atoms with van der Waals surface area (Å²) in [6.45, 7) is 1.11. The third-order valence-corrected chi connectivity index (χ3v) is 5.66. The summed E-state index contributed by atoms with van der Waals surface area (Å²) in [5.74, 6) is -1.02. The van der Waals surface area contributed by atoms with Crippen LogP contribution < -0.4 is 16.3 Å². The minimum atomic E-state index is -4.73. The van der Waals surface area contributed by atoms with E-state index in [1.165, 1.54) is 35.9 Å². The Morgan fingerprint density at radius 1 is 1.31 bits per heavy atom. The Bertz CT molecular complexity index is 1090. The number of rotatable bonds is 9. The Labute approximate surface area is 182 Å². The molecule has 1 saturated heterocycles. The molecule has 3 rings (SSSR count). The van der Waals surface area contributed by atoms with Crippen LogP contribution in [0.1, 0.15) is 26.0 Å². The zero-order valence-electron chi connectivity index (χ0n) is 17.4. The van der Waals surface area contributed by atoms with Crippen LogP contribution in [0.5, 0.6) is 0 Å². The van der Waals surface area contributed by atoms with Crippen molar-refractivity contribution in [2.24, 2.45) is 0 Å². The third kappa shape index (κ3) is 5.93. The van der Waals surface area contributed by atoms with Crippen LogP contribution in [0, 0.1) is 0 Å². The molecule has 2 N–H and O–H groups in total. The molecule has 13 heteroatoms. The van der Waals surface area contributed by atoms with Gasteiger partial charge in [-0.3, -0.25) is 28.6 Å². The van der Waals surface area contributed by atoms with Gasteiger partial charge in [0.05, 0.1) is 25.5 Å². The zero-order valence-corrected chi connectivity index (χ0v) is 18.3. The number of carbonyl (C=O) groups excluding carboxylic acids is 1. The van der Waals surface area contributed by atoms with Crippen molar-refractivity contribution >= 4 is 19.5 Å². The monoisotopic (exact) mass is 469 g/mol. The SMILES string of the molecule is CON(c1ccccc1)[C@@H](C)C(=O)OP(=O)(O)OC[C@@H]1CC[C@H](n2ccc(=O)[nH]c2=O)O1. The Balaban J connectivity index is 1.54. The lowest BCUT2D eigenvalue weighted by molar-refractivity contribution is -0.139. The van der Waals surface area contributed by atoms with Gasteiger partial charge in [-0.2, -0.15) is 0 Å². The highest BCUT2D eigenvalue weighted by Gasteiger charge is 2.35. The fourth-order valence-corrected chi connectivity index (χ4v) is 4.01. The first-order valence-electron chi connectivity index (χ1n) is 9.76. The predicted octanol–water partition coefficient (Wildman–Crippen LogP) is 1.33. The average Bonchev–Trinajstić information content (AvgIpc) is 3.22. The van der Waals surface area contributed by atoms with Gasteiger partial charge in [0.25, 0.3) is 5.56 Å². The topological polar surface area (TPSA) is 149 Å². The molecular weight excluding hydrogens is 445 g/mol. The van der Waals surface area contributed by atoms with Crippen molar-refractivity contribution in [3.63, 3.8) is 0 Å². The van der Waals surface area contributed by atoms with Crippen molar-refractivity contribution in [3.05, 3.63) is 63.4 Å². The van der Waals surface area contributed by atoms with E-state index in [0.717, 1.165) is 0 Å². The molecule has 0 bridgehead atoms. The van der Waals surface area contributed by atoms with Gasteiger partial charge in [-0.05, 0) is 31.9 Å². The summed E-state index contributed by atoms with van der Waals surface area (Å²) >= 11 is 0. The van der Waals surface area contributed by atoms with E-state index in [1.807, 2.05) is 0 Å². The largest absolute Gasteiger partial charge is 0.529 e. The fourth-order valence-electron chi connectivity index (χ4n) is 3.22. The number of nitrogens with one attached hydrogen (secondary N) is 1. The first kappa shape index (κ1) is 23.9. The van der Waals surface area contributed by atoms with Crippen molar-refractivity contribution < 1.29 is 32.9 Å². The number of anilines is 1. The van der Waals surface area contributed by atoms with Gasteiger partial charge in [0, 0.05) is 12.3 Å². The molecule has 0 spiro atoms. The van der Waals surface area contributed by atoms with Crippen molar-refractivity contribution in [2.45, 2.75) is 38.1 Å². The summed E-state index contributed by atoms with van der Waals surface area (Å²) in [5.41, 5.74) is -0.599. The molecule has 12 nitrogen and oxygen atoms in total. The molecule has 32 heavy (non-hydrogen) atoms. The van der Waals surface area contributed by atoms with Crippen molar-refractivity contribution in [3.8, 4) is 0 Å². The summed E-state index contributed by atoms with van der Waals surface area (Å²) in [6, 6.07) is 8.83. The normalized spacial score (nSPS) is 21.0. The molecule has 174 valence electrons. The first-order valence-corrected chi connectivity index (χ1v) is 11.3. The Morgan fingerprint density at radius 3 is 2.69 bits per heavy atom. The van der Waals surface area contributed by atoms with Gasteiger partial charge < -0.3 is 9.26 Å². The number of phosphoric acid groups is 1. The van der Waals surface area contributed by atoms with Crippen LogP contribution in [-0.4, -0.2) is 46.3 Å². The highest BCUT2D eigenvalue weighted by Crippen LogP contribution is 2.45. The van der Waals surface area contributed by atoms with Gasteiger partial charge in [0.1, 0.15) is 6.23 Å². The number of carbonyl (C=O) groups is 1. The summed E-state index contributed by atoms with van der Waals surface area (Å²) in [6.07, 6.45) is 0.881. The van der Waals surface area contributed by atoms with E-state index in [9.17, 15) is 23.8 Å². The second-order valence-electron chi connectivity index (χ2n) is 7.00. The van der Waals surface area contributed by atoms with Crippen LogP contribution in [0.25, 0.3) is 0 Å². The van der Waals surface area contributed by atoms with Gasteiger partial charge >= 0.3 is 19.5 Å². The van der Waals surface area contributed by atoms with Crippen LogP contribution >= 0.6 is 7.82 Å². The lowest BCUT2D eigenvalue weighted by Gasteiger charge is -2.27. The van der Waals surface area contributed by atoms with Crippen LogP contribution in [0.4, 0.5) is 5.69 Å². The molecule has 1 fully saturated rings. The lowest BCUT2D eigenvalue weighted by Crippen LogP contribution is -2.39. The summed E-state index contributed by atoms with van der Waals surface area (Å²) < 4.78 is 28.7. The van der Waals surface area contributed by atoms with Crippen LogP contribution in [-0.2, 0) is 28.0 Å². The second-order valence-corrected chi connectivity index (χ2v) is 8.38. The van der Waals surface area contributed by atoms with Crippen molar-refractivity contribution in [2.75, 3.05) is 18.8 Å². The number of ether oxygens (including phenoxy) is 1. The van der Waals surface area contributed by atoms with Crippen LogP contribution in [0.2, 0.25) is 0 Å². The molecule has 1 unspecified atom stereocenters. The third-order valence-electron chi connectivity index (χ3n) is 4.78. The maximum atomic E-state index is 12.4. The Hall–Kier alpha value is -2.76. The number of aromatic nitrogens is 2. The average molecular weight is 469 g/mol. The number of hydroxylamine groups is 1. The molecule has 0 aliphatic carbocycles. The smallest absolute Gasteiger partial charge is 0.369 e. The minimum absolute atomic E-state index is 0.337. The van der Waals surface area contributed by atoms with E-state index in [-0.39, 0.29) is 6.61 Å². The molecule has 1 aromatic carbocycles. The number of nitrogens with zero attached hydrogens (tertiary/aromatic N) is 2. The van der Waals surface area contributed by atoms with E-state index in [0.29, 0.717) is 18.5 Å². The molecule has 1 aliphatic rings. The molecular formula is C19H24N3O9P. The highest BCUT2D eigenvalue weighted by atomic mass is 31.2. The molecule has 0 saturated carbocycles.